The highest BCUT2D eigenvalue weighted by atomic mass is 19.1. The Bertz CT molecular complexity index is 1000. The van der Waals surface area contributed by atoms with E-state index in [0.717, 1.165) is 19.3 Å². The smallest absolute Gasteiger partial charge is 0.236 e. The van der Waals surface area contributed by atoms with E-state index in [1.165, 1.54) is 13.2 Å². The predicted molar refractivity (Wildman–Crippen MR) is 123 cm³/mol. The van der Waals surface area contributed by atoms with Gasteiger partial charge in [0.15, 0.2) is 11.6 Å². The first-order valence-corrected chi connectivity index (χ1v) is 10.7. The Morgan fingerprint density at radius 3 is 2.88 bits per heavy atom. The predicted octanol–water partition coefficient (Wildman–Crippen LogP) is 2.80. The molecular weight excluding hydrogens is 411 g/mol. The average molecular weight is 441 g/mol. The maximum atomic E-state index is 13.9. The van der Waals surface area contributed by atoms with Gasteiger partial charge in [0, 0.05) is 30.8 Å². The summed E-state index contributed by atoms with van der Waals surface area (Å²) in [5.74, 6) is 6.93. The van der Waals surface area contributed by atoms with Gasteiger partial charge >= 0.3 is 0 Å². The Morgan fingerprint density at radius 1 is 1.38 bits per heavy atom. The molecule has 0 radical (unpaired) electrons. The molecule has 1 aliphatic rings. The first-order chi connectivity index (χ1) is 15.5. The summed E-state index contributed by atoms with van der Waals surface area (Å²) in [6.07, 6.45) is 5.23. The lowest BCUT2D eigenvalue weighted by Crippen LogP contribution is -2.40. The van der Waals surface area contributed by atoms with Crippen molar-refractivity contribution in [3.63, 3.8) is 0 Å². The van der Waals surface area contributed by atoms with E-state index in [9.17, 15) is 9.18 Å². The summed E-state index contributed by atoms with van der Waals surface area (Å²) in [5, 5.41) is 12.2. The molecule has 1 aromatic heterocycles. The highest BCUT2D eigenvalue weighted by Gasteiger charge is 2.23. The van der Waals surface area contributed by atoms with Crippen molar-refractivity contribution < 1.29 is 13.9 Å². The van der Waals surface area contributed by atoms with Gasteiger partial charge in [-0.25, -0.2) is 9.37 Å². The van der Waals surface area contributed by atoms with Gasteiger partial charge in [-0.3, -0.25) is 4.79 Å². The van der Waals surface area contributed by atoms with Crippen molar-refractivity contribution in [1.82, 2.24) is 20.6 Å². The third-order valence-corrected chi connectivity index (χ3v) is 4.94. The number of rotatable bonds is 10. The number of aromatic nitrogens is 2. The van der Waals surface area contributed by atoms with Crippen molar-refractivity contribution in [3.05, 3.63) is 35.8 Å². The second-order valence-electron chi connectivity index (χ2n) is 7.56. The molecule has 4 N–H and O–H groups in total. The average Bonchev–Trinajstić information content (AvgIpc) is 3.60. The second kappa shape index (κ2) is 11.3. The number of nitrogens with zero attached hydrogens (tertiary/aromatic N) is 2. The Labute approximate surface area is 187 Å². The van der Waals surface area contributed by atoms with Crippen LogP contribution in [0.15, 0.2) is 24.4 Å². The number of carbonyl (C=O) groups is 1. The summed E-state index contributed by atoms with van der Waals surface area (Å²) in [5.41, 5.74) is 1.23. The summed E-state index contributed by atoms with van der Waals surface area (Å²) >= 11 is 0. The van der Waals surface area contributed by atoms with Crippen LogP contribution in [-0.4, -0.2) is 48.7 Å². The number of nitrogens with one attached hydrogen (secondary N) is 4. The molecule has 0 unspecified atom stereocenters. The van der Waals surface area contributed by atoms with Gasteiger partial charge in [0.05, 0.1) is 24.9 Å². The molecule has 32 heavy (non-hydrogen) atoms. The summed E-state index contributed by atoms with van der Waals surface area (Å²) in [6, 6.07) is 4.75. The number of ether oxygens (including phenoxy) is 1. The van der Waals surface area contributed by atoms with E-state index in [1.54, 1.807) is 25.4 Å². The molecular formula is C23H29FN6O2. The Morgan fingerprint density at radius 2 is 2.19 bits per heavy atom. The van der Waals surface area contributed by atoms with Gasteiger partial charge in [-0.05, 0) is 45.4 Å². The number of halogens is 1. The maximum absolute atomic E-state index is 13.9. The van der Waals surface area contributed by atoms with Crippen LogP contribution in [0.1, 0.15) is 38.2 Å². The van der Waals surface area contributed by atoms with Gasteiger partial charge in [-0.2, -0.15) is 4.98 Å². The fourth-order valence-corrected chi connectivity index (χ4v) is 2.77. The molecule has 2 aromatic rings. The fourth-order valence-electron chi connectivity index (χ4n) is 2.77. The largest absolute Gasteiger partial charge is 0.494 e. The van der Waals surface area contributed by atoms with E-state index in [2.05, 4.69) is 43.1 Å². The van der Waals surface area contributed by atoms with Gasteiger partial charge in [0.1, 0.15) is 5.82 Å². The Balaban J connectivity index is 1.61. The number of benzene rings is 1. The van der Waals surface area contributed by atoms with Crippen LogP contribution >= 0.6 is 0 Å². The van der Waals surface area contributed by atoms with E-state index in [0.29, 0.717) is 42.0 Å². The van der Waals surface area contributed by atoms with Crippen molar-refractivity contribution in [1.29, 1.82) is 0 Å². The van der Waals surface area contributed by atoms with Crippen molar-refractivity contribution in [2.45, 2.75) is 44.7 Å². The van der Waals surface area contributed by atoms with Crippen molar-refractivity contribution in [3.8, 4) is 17.6 Å². The number of methoxy groups -OCH3 is 1. The molecule has 0 spiro atoms. The number of likely N-dealkylation sites (N-methyl/N-ethyl adjacent to an activating group) is 1. The number of unbranched alkanes of at least 4 members (excludes halogenated alkanes) is 1. The molecule has 1 saturated carbocycles. The zero-order chi connectivity index (χ0) is 22.9. The third-order valence-electron chi connectivity index (χ3n) is 4.94. The van der Waals surface area contributed by atoms with Gasteiger partial charge in [0.25, 0.3) is 0 Å². The molecule has 3 rings (SSSR count). The van der Waals surface area contributed by atoms with Crippen molar-refractivity contribution >= 4 is 23.4 Å². The number of amides is 1. The fraction of sp³-hybridized carbons (Fsp3) is 0.435. The summed E-state index contributed by atoms with van der Waals surface area (Å²) < 4.78 is 18.9. The minimum absolute atomic E-state index is 0.0235. The molecule has 0 saturated heterocycles. The van der Waals surface area contributed by atoms with E-state index in [4.69, 9.17) is 4.74 Å². The van der Waals surface area contributed by atoms with E-state index >= 15 is 0 Å². The number of anilines is 3. The van der Waals surface area contributed by atoms with Crippen molar-refractivity contribution in [2.75, 3.05) is 31.3 Å². The number of hydrogen-bond donors (Lipinski definition) is 4. The minimum atomic E-state index is -0.465. The topological polar surface area (TPSA) is 100 Å². The molecule has 170 valence electrons. The normalized spacial score (nSPS) is 13.5. The molecule has 9 heteroatoms. The zero-order valence-corrected chi connectivity index (χ0v) is 18.6. The molecule has 1 aromatic carbocycles. The van der Waals surface area contributed by atoms with Gasteiger partial charge in [-0.1, -0.05) is 11.8 Å². The molecule has 8 nitrogen and oxygen atoms in total. The summed E-state index contributed by atoms with van der Waals surface area (Å²) in [4.78, 5) is 20.6. The molecule has 0 aliphatic heterocycles. The lowest BCUT2D eigenvalue weighted by molar-refractivity contribution is -0.122. The molecule has 0 bridgehead atoms. The summed E-state index contributed by atoms with van der Waals surface area (Å²) in [6.45, 7) is 2.39. The monoisotopic (exact) mass is 440 g/mol. The molecule has 1 aliphatic carbocycles. The minimum Gasteiger partial charge on any atom is -0.494 e. The number of hydrogen-bond acceptors (Lipinski definition) is 7. The molecule has 1 atom stereocenters. The molecule has 1 heterocycles. The van der Waals surface area contributed by atoms with Crippen LogP contribution in [0.3, 0.4) is 0 Å². The van der Waals surface area contributed by atoms with Crippen LogP contribution in [0, 0.1) is 17.7 Å². The number of carbonyl (C=O) groups excluding carboxylic acids is 1. The Hall–Kier alpha value is -3.38. The van der Waals surface area contributed by atoms with Gasteiger partial charge in [-0.15, -0.1) is 0 Å². The molecule has 1 fully saturated rings. The van der Waals surface area contributed by atoms with Crippen molar-refractivity contribution in [2.24, 2.45) is 0 Å². The first-order valence-electron chi connectivity index (χ1n) is 10.7. The third kappa shape index (κ3) is 6.82. The quantitative estimate of drug-likeness (QED) is 0.333. The van der Waals surface area contributed by atoms with Crippen LogP contribution in [0.25, 0.3) is 0 Å². The highest BCUT2D eigenvalue weighted by molar-refractivity contribution is 5.81. The highest BCUT2D eigenvalue weighted by Crippen LogP contribution is 2.27. The standard InChI is InChI=1S/C23H29FN6O2/c1-15(25-2)22(31)26-12-6-4-5-7-16-14-27-23(30-21(16)28-17-8-9-17)29-18-10-11-20(32-3)19(24)13-18/h10-11,13-15,17,25H,4,6,8-9,12H2,1-3H3,(H,26,31)(H2,27,28,29,30)/t15-/m0/s1. The summed E-state index contributed by atoms with van der Waals surface area (Å²) in [7, 11) is 3.17. The van der Waals surface area contributed by atoms with Crippen LogP contribution in [0.2, 0.25) is 0 Å². The first kappa shape index (κ1) is 23.3. The van der Waals surface area contributed by atoms with Gasteiger partial charge in [0.2, 0.25) is 11.9 Å². The molecule has 1 amide bonds. The van der Waals surface area contributed by atoms with Crippen LogP contribution in [-0.2, 0) is 4.79 Å². The second-order valence-corrected chi connectivity index (χ2v) is 7.56. The zero-order valence-electron chi connectivity index (χ0n) is 18.6. The van der Waals surface area contributed by atoms with Gasteiger partial charge < -0.3 is 26.0 Å². The maximum Gasteiger partial charge on any atom is 0.236 e. The Kier molecular flexibility index (Phi) is 8.22. The lowest BCUT2D eigenvalue weighted by atomic mass is 10.2. The van der Waals surface area contributed by atoms with E-state index < -0.39 is 5.82 Å². The van der Waals surface area contributed by atoms with E-state index in [1.807, 2.05) is 6.92 Å². The lowest BCUT2D eigenvalue weighted by Gasteiger charge is -2.11. The SMILES string of the molecule is CN[C@@H](C)C(=O)NCCCC#Cc1cnc(Nc2ccc(OC)c(F)c2)nc1NC1CC1. The van der Waals surface area contributed by atoms with E-state index in [-0.39, 0.29) is 17.7 Å². The van der Waals surface area contributed by atoms with Crippen LogP contribution in [0.5, 0.6) is 5.75 Å². The van der Waals surface area contributed by atoms with Crippen LogP contribution < -0.4 is 26.0 Å². The van der Waals surface area contributed by atoms with Crippen LogP contribution in [0.4, 0.5) is 21.8 Å².